The summed E-state index contributed by atoms with van der Waals surface area (Å²) in [5.41, 5.74) is 3.92. The van der Waals surface area contributed by atoms with Gasteiger partial charge in [0, 0.05) is 36.9 Å². The van der Waals surface area contributed by atoms with Crippen LogP contribution in [0.25, 0.3) is 0 Å². The van der Waals surface area contributed by atoms with E-state index in [-0.39, 0.29) is 11.8 Å². The van der Waals surface area contributed by atoms with Crippen LogP contribution in [0.3, 0.4) is 0 Å². The van der Waals surface area contributed by atoms with Gasteiger partial charge in [0.15, 0.2) is 0 Å². The summed E-state index contributed by atoms with van der Waals surface area (Å²) >= 11 is 0. The van der Waals surface area contributed by atoms with Gasteiger partial charge in [-0.25, -0.2) is 0 Å². The Balaban J connectivity index is 1.36. The third-order valence-electron chi connectivity index (χ3n) is 6.60. The van der Waals surface area contributed by atoms with Crippen molar-refractivity contribution in [2.75, 3.05) is 23.8 Å². The first-order chi connectivity index (χ1) is 15.1. The first-order valence-electron chi connectivity index (χ1n) is 11.6. The number of nitrogens with zero attached hydrogens (tertiary/aromatic N) is 2. The summed E-state index contributed by atoms with van der Waals surface area (Å²) in [7, 11) is 2.20. The molecule has 1 N–H and O–H groups in total. The molecule has 5 nitrogen and oxygen atoms in total. The van der Waals surface area contributed by atoms with Crippen LogP contribution in [0, 0.1) is 0 Å². The summed E-state index contributed by atoms with van der Waals surface area (Å²) in [5.74, 6) is 0.165. The Morgan fingerprint density at radius 2 is 1.77 bits per heavy atom. The molecule has 2 amide bonds. The van der Waals surface area contributed by atoms with Gasteiger partial charge in [0.1, 0.15) is 0 Å². The molecule has 0 spiro atoms. The van der Waals surface area contributed by atoms with Crippen LogP contribution in [-0.4, -0.2) is 36.3 Å². The van der Waals surface area contributed by atoms with Crippen molar-refractivity contribution in [3.05, 3.63) is 59.7 Å². The minimum absolute atomic E-state index is 0.0160. The first kappa shape index (κ1) is 21.6. The van der Waals surface area contributed by atoms with Gasteiger partial charge in [-0.15, -0.1) is 0 Å². The van der Waals surface area contributed by atoms with Crippen molar-refractivity contribution in [2.24, 2.45) is 0 Å². The van der Waals surface area contributed by atoms with Gasteiger partial charge >= 0.3 is 0 Å². The standard InChI is InChI=1S/C26H33N3O2/c1-28(22-9-3-2-4-10-22)19-21-8-5-6-11-24(21)27-25(30)18-20-13-15-23(16-14-20)29-17-7-12-26(29)31/h5-6,8,11,13-16,22H,2-4,7,9-10,12,17-19H2,1H3,(H,27,30). The normalized spacial score (nSPS) is 17.4. The van der Waals surface area contributed by atoms with Crippen LogP contribution in [0.4, 0.5) is 11.4 Å². The fourth-order valence-corrected chi connectivity index (χ4v) is 4.79. The Kier molecular flexibility index (Phi) is 7.03. The van der Waals surface area contributed by atoms with E-state index in [1.54, 1.807) is 0 Å². The topological polar surface area (TPSA) is 52.7 Å². The number of amides is 2. The van der Waals surface area contributed by atoms with Gasteiger partial charge in [-0.3, -0.25) is 14.5 Å². The van der Waals surface area contributed by atoms with Crippen molar-refractivity contribution < 1.29 is 9.59 Å². The van der Waals surface area contributed by atoms with E-state index in [1.165, 1.54) is 32.1 Å². The maximum atomic E-state index is 12.7. The molecule has 1 aliphatic heterocycles. The highest BCUT2D eigenvalue weighted by molar-refractivity contribution is 5.95. The second-order valence-electron chi connectivity index (χ2n) is 8.90. The second-order valence-corrected chi connectivity index (χ2v) is 8.90. The van der Waals surface area contributed by atoms with Crippen LogP contribution >= 0.6 is 0 Å². The Labute approximate surface area is 185 Å². The fraction of sp³-hybridized carbons (Fsp3) is 0.462. The summed E-state index contributed by atoms with van der Waals surface area (Å²) in [6, 6.07) is 16.5. The van der Waals surface area contributed by atoms with Crippen LogP contribution in [-0.2, 0) is 22.6 Å². The number of rotatable bonds is 7. The highest BCUT2D eigenvalue weighted by Crippen LogP contribution is 2.25. The van der Waals surface area contributed by atoms with E-state index in [0.717, 1.165) is 42.0 Å². The fourth-order valence-electron chi connectivity index (χ4n) is 4.79. The molecule has 5 heteroatoms. The maximum Gasteiger partial charge on any atom is 0.228 e. The molecule has 0 atom stereocenters. The molecule has 1 heterocycles. The third kappa shape index (κ3) is 5.53. The molecule has 0 unspecified atom stereocenters. The van der Waals surface area contributed by atoms with Crippen LogP contribution in [0.15, 0.2) is 48.5 Å². The SMILES string of the molecule is CN(Cc1ccccc1NC(=O)Cc1ccc(N2CCCC2=O)cc1)C1CCCCC1. The number of para-hydroxylation sites is 1. The number of hydrogen-bond acceptors (Lipinski definition) is 3. The molecule has 0 bridgehead atoms. The van der Waals surface area contributed by atoms with Crippen LogP contribution < -0.4 is 10.2 Å². The van der Waals surface area contributed by atoms with Crippen LogP contribution in [0.1, 0.15) is 56.1 Å². The Bertz CT molecular complexity index is 903. The van der Waals surface area contributed by atoms with E-state index in [1.807, 2.05) is 47.4 Å². The molecule has 4 rings (SSSR count). The molecule has 0 radical (unpaired) electrons. The lowest BCUT2D eigenvalue weighted by Crippen LogP contribution is -2.33. The van der Waals surface area contributed by atoms with Crippen molar-refractivity contribution >= 4 is 23.2 Å². The zero-order valence-electron chi connectivity index (χ0n) is 18.5. The average molecular weight is 420 g/mol. The van der Waals surface area contributed by atoms with Crippen molar-refractivity contribution in [1.29, 1.82) is 0 Å². The van der Waals surface area contributed by atoms with Crippen molar-refractivity contribution in [3.8, 4) is 0 Å². The van der Waals surface area contributed by atoms with E-state index >= 15 is 0 Å². The number of nitrogens with one attached hydrogen (secondary N) is 1. The Morgan fingerprint density at radius 3 is 2.48 bits per heavy atom. The van der Waals surface area contributed by atoms with Crippen molar-refractivity contribution in [1.82, 2.24) is 4.90 Å². The van der Waals surface area contributed by atoms with E-state index in [9.17, 15) is 9.59 Å². The van der Waals surface area contributed by atoms with Crippen LogP contribution in [0.2, 0.25) is 0 Å². The number of carbonyl (C=O) groups excluding carboxylic acids is 2. The second kappa shape index (κ2) is 10.1. The minimum atomic E-state index is -0.0160. The Hall–Kier alpha value is -2.66. The third-order valence-corrected chi connectivity index (χ3v) is 6.60. The smallest absolute Gasteiger partial charge is 0.228 e. The molecular weight excluding hydrogens is 386 g/mol. The molecule has 2 aliphatic rings. The molecule has 2 aromatic rings. The number of carbonyl (C=O) groups is 2. The largest absolute Gasteiger partial charge is 0.325 e. The molecule has 31 heavy (non-hydrogen) atoms. The highest BCUT2D eigenvalue weighted by Gasteiger charge is 2.22. The highest BCUT2D eigenvalue weighted by atomic mass is 16.2. The van der Waals surface area contributed by atoms with Gasteiger partial charge in [-0.1, -0.05) is 49.6 Å². The van der Waals surface area contributed by atoms with Crippen molar-refractivity contribution in [2.45, 2.75) is 64.0 Å². The summed E-state index contributed by atoms with van der Waals surface area (Å²) in [4.78, 5) is 28.9. The monoisotopic (exact) mass is 419 g/mol. The summed E-state index contributed by atoms with van der Waals surface area (Å²) in [6.07, 6.45) is 8.38. The molecule has 1 saturated carbocycles. The predicted molar refractivity (Wildman–Crippen MR) is 125 cm³/mol. The number of benzene rings is 2. The van der Waals surface area contributed by atoms with Gasteiger partial charge in [0.2, 0.25) is 11.8 Å². The summed E-state index contributed by atoms with van der Waals surface area (Å²) < 4.78 is 0. The number of anilines is 2. The molecule has 2 aromatic carbocycles. The maximum absolute atomic E-state index is 12.7. The van der Waals surface area contributed by atoms with E-state index in [0.29, 0.717) is 18.9 Å². The lowest BCUT2D eigenvalue weighted by Gasteiger charge is -2.31. The van der Waals surface area contributed by atoms with Crippen LogP contribution in [0.5, 0.6) is 0 Å². The Morgan fingerprint density at radius 1 is 1.03 bits per heavy atom. The van der Waals surface area contributed by atoms with Gasteiger partial charge in [0.25, 0.3) is 0 Å². The van der Waals surface area contributed by atoms with Gasteiger partial charge in [0.05, 0.1) is 6.42 Å². The lowest BCUT2D eigenvalue weighted by molar-refractivity contribution is -0.117. The zero-order chi connectivity index (χ0) is 21.6. The van der Waals surface area contributed by atoms with Gasteiger partial charge < -0.3 is 10.2 Å². The number of hydrogen-bond donors (Lipinski definition) is 1. The molecule has 1 aliphatic carbocycles. The lowest BCUT2D eigenvalue weighted by atomic mass is 9.94. The molecule has 0 aromatic heterocycles. The average Bonchev–Trinajstić information content (AvgIpc) is 3.22. The zero-order valence-corrected chi connectivity index (χ0v) is 18.5. The van der Waals surface area contributed by atoms with Gasteiger partial charge in [-0.05, 0) is 55.6 Å². The van der Waals surface area contributed by atoms with Gasteiger partial charge in [-0.2, -0.15) is 0 Å². The van der Waals surface area contributed by atoms with E-state index < -0.39 is 0 Å². The van der Waals surface area contributed by atoms with Crippen molar-refractivity contribution in [3.63, 3.8) is 0 Å². The molecular formula is C26H33N3O2. The molecule has 2 fully saturated rings. The molecule has 1 saturated heterocycles. The molecule has 164 valence electrons. The summed E-state index contributed by atoms with van der Waals surface area (Å²) in [6.45, 7) is 1.63. The minimum Gasteiger partial charge on any atom is -0.325 e. The van der Waals surface area contributed by atoms with E-state index in [2.05, 4.69) is 23.3 Å². The quantitative estimate of drug-likeness (QED) is 0.704. The first-order valence-corrected chi connectivity index (χ1v) is 11.6. The summed E-state index contributed by atoms with van der Waals surface area (Å²) in [5, 5.41) is 3.11. The van der Waals surface area contributed by atoms with E-state index in [4.69, 9.17) is 0 Å². The predicted octanol–water partition coefficient (Wildman–Crippen LogP) is 4.76.